The molecule has 0 amide bonds. The van der Waals surface area contributed by atoms with Gasteiger partial charge in [-0.2, -0.15) is 0 Å². The Kier molecular flexibility index (Phi) is 3.15. The zero-order valence-electron chi connectivity index (χ0n) is 10.6. The van der Waals surface area contributed by atoms with Crippen molar-refractivity contribution in [1.29, 1.82) is 0 Å². The van der Waals surface area contributed by atoms with Crippen LogP contribution >= 0.6 is 0 Å². The van der Waals surface area contributed by atoms with Crippen LogP contribution in [0.5, 0.6) is 0 Å². The summed E-state index contributed by atoms with van der Waals surface area (Å²) in [6.07, 6.45) is 7.81. The molecule has 2 heteroatoms. The maximum atomic E-state index is 4.36. The first-order valence-electron chi connectivity index (χ1n) is 6.96. The molecule has 2 fully saturated rings. The lowest BCUT2D eigenvalue weighted by atomic mass is 9.84. The van der Waals surface area contributed by atoms with E-state index in [4.69, 9.17) is 0 Å². The summed E-state index contributed by atoms with van der Waals surface area (Å²) in [7, 11) is 0. The van der Waals surface area contributed by atoms with Gasteiger partial charge in [0.1, 0.15) is 0 Å². The van der Waals surface area contributed by atoms with Gasteiger partial charge in [0.25, 0.3) is 0 Å². The molecule has 3 rings (SSSR count). The molecule has 0 radical (unpaired) electrons. The Morgan fingerprint density at radius 1 is 1.35 bits per heavy atom. The minimum atomic E-state index is 0.646. The number of aromatic nitrogens is 1. The van der Waals surface area contributed by atoms with Crippen molar-refractivity contribution >= 4 is 0 Å². The molecule has 17 heavy (non-hydrogen) atoms. The van der Waals surface area contributed by atoms with Crippen LogP contribution in [0.1, 0.15) is 38.3 Å². The van der Waals surface area contributed by atoms with Gasteiger partial charge in [-0.3, -0.25) is 4.98 Å². The second-order valence-electron chi connectivity index (χ2n) is 5.83. The minimum absolute atomic E-state index is 0.646. The summed E-state index contributed by atoms with van der Waals surface area (Å²) in [5.41, 5.74) is 1.16. The third kappa shape index (κ3) is 2.37. The molecule has 1 aromatic rings. The van der Waals surface area contributed by atoms with Crippen molar-refractivity contribution < 1.29 is 0 Å². The van der Waals surface area contributed by atoms with Crippen LogP contribution in [-0.2, 0) is 6.54 Å². The van der Waals surface area contributed by atoms with Gasteiger partial charge >= 0.3 is 0 Å². The maximum absolute atomic E-state index is 4.36. The van der Waals surface area contributed by atoms with Crippen molar-refractivity contribution in [1.82, 2.24) is 10.3 Å². The van der Waals surface area contributed by atoms with Gasteiger partial charge < -0.3 is 5.32 Å². The van der Waals surface area contributed by atoms with Crippen molar-refractivity contribution in [3.63, 3.8) is 0 Å². The number of rotatable bonds is 4. The molecule has 2 aliphatic rings. The minimum Gasteiger partial charge on any atom is -0.308 e. The van der Waals surface area contributed by atoms with Crippen LogP contribution in [0.3, 0.4) is 0 Å². The number of fused-ring (bicyclic) bond motifs is 2. The van der Waals surface area contributed by atoms with Crippen LogP contribution in [0.25, 0.3) is 0 Å². The number of nitrogens with zero attached hydrogens (tertiary/aromatic N) is 1. The standard InChI is InChI=1S/C15H22N2/c1-11(15-9-12-5-6-13(15)8-12)17-10-14-4-2-3-7-16-14/h2-4,7,11-13,15,17H,5-6,8-10H2,1H3. The Morgan fingerprint density at radius 3 is 2.94 bits per heavy atom. The average molecular weight is 230 g/mol. The topological polar surface area (TPSA) is 24.9 Å². The predicted molar refractivity (Wildman–Crippen MR) is 69.5 cm³/mol. The van der Waals surface area contributed by atoms with Gasteiger partial charge in [0.05, 0.1) is 5.69 Å². The highest BCUT2D eigenvalue weighted by molar-refractivity contribution is 5.03. The van der Waals surface area contributed by atoms with Crippen LogP contribution in [0, 0.1) is 17.8 Å². The lowest BCUT2D eigenvalue weighted by Gasteiger charge is -2.28. The molecule has 0 saturated heterocycles. The van der Waals surface area contributed by atoms with E-state index in [1.807, 2.05) is 12.3 Å². The van der Waals surface area contributed by atoms with E-state index in [2.05, 4.69) is 29.4 Å². The molecule has 0 aliphatic heterocycles. The van der Waals surface area contributed by atoms with Gasteiger partial charge in [-0.1, -0.05) is 12.5 Å². The quantitative estimate of drug-likeness (QED) is 0.860. The van der Waals surface area contributed by atoms with Crippen molar-refractivity contribution in [3.8, 4) is 0 Å². The van der Waals surface area contributed by atoms with Crippen molar-refractivity contribution in [2.24, 2.45) is 17.8 Å². The molecular weight excluding hydrogens is 208 g/mol. The molecule has 4 atom stereocenters. The van der Waals surface area contributed by atoms with Crippen LogP contribution < -0.4 is 5.32 Å². The lowest BCUT2D eigenvalue weighted by Crippen LogP contribution is -2.36. The van der Waals surface area contributed by atoms with E-state index in [1.54, 1.807) is 0 Å². The first-order chi connectivity index (χ1) is 8.33. The van der Waals surface area contributed by atoms with Gasteiger partial charge in [-0.05, 0) is 56.1 Å². The number of hydrogen-bond acceptors (Lipinski definition) is 2. The summed E-state index contributed by atoms with van der Waals surface area (Å²) in [4.78, 5) is 4.36. The Labute approximate surface area is 104 Å². The molecular formula is C15H22N2. The molecule has 2 saturated carbocycles. The fourth-order valence-electron chi connectivity index (χ4n) is 3.83. The second kappa shape index (κ2) is 4.77. The third-order valence-corrected chi connectivity index (χ3v) is 4.77. The Bertz CT molecular complexity index is 362. The highest BCUT2D eigenvalue weighted by Crippen LogP contribution is 2.49. The van der Waals surface area contributed by atoms with Crippen molar-refractivity contribution in [2.45, 2.75) is 45.2 Å². The smallest absolute Gasteiger partial charge is 0.0541 e. The Morgan fingerprint density at radius 2 is 2.29 bits per heavy atom. The summed E-state index contributed by atoms with van der Waals surface area (Å²) >= 11 is 0. The Hall–Kier alpha value is -0.890. The van der Waals surface area contributed by atoms with E-state index in [0.717, 1.165) is 30.0 Å². The van der Waals surface area contributed by atoms with Gasteiger partial charge in [-0.25, -0.2) is 0 Å². The summed E-state index contributed by atoms with van der Waals surface area (Å²) < 4.78 is 0. The van der Waals surface area contributed by atoms with E-state index in [9.17, 15) is 0 Å². The summed E-state index contributed by atoms with van der Waals surface area (Å²) in [6.45, 7) is 3.27. The monoisotopic (exact) mass is 230 g/mol. The molecule has 0 aromatic carbocycles. The SMILES string of the molecule is CC(NCc1ccccn1)C1CC2CCC1C2. The largest absolute Gasteiger partial charge is 0.308 e. The number of pyridine rings is 1. The van der Waals surface area contributed by atoms with E-state index < -0.39 is 0 Å². The van der Waals surface area contributed by atoms with Gasteiger partial charge in [-0.15, -0.1) is 0 Å². The molecule has 1 N–H and O–H groups in total. The van der Waals surface area contributed by atoms with Gasteiger partial charge in [0.15, 0.2) is 0 Å². The number of hydrogen-bond donors (Lipinski definition) is 1. The Balaban J connectivity index is 1.52. The normalized spacial score (nSPS) is 32.9. The van der Waals surface area contributed by atoms with E-state index in [0.29, 0.717) is 6.04 Å². The number of nitrogens with one attached hydrogen (secondary N) is 1. The van der Waals surface area contributed by atoms with E-state index >= 15 is 0 Å². The van der Waals surface area contributed by atoms with Crippen molar-refractivity contribution in [3.05, 3.63) is 30.1 Å². The molecule has 2 nitrogen and oxygen atoms in total. The predicted octanol–water partition coefficient (Wildman–Crippen LogP) is 3.00. The van der Waals surface area contributed by atoms with Gasteiger partial charge in [0, 0.05) is 18.8 Å². The molecule has 2 aliphatic carbocycles. The van der Waals surface area contributed by atoms with Crippen LogP contribution in [0.15, 0.2) is 24.4 Å². The first kappa shape index (κ1) is 11.2. The molecule has 1 aromatic heterocycles. The summed E-state index contributed by atoms with van der Waals surface area (Å²) in [5, 5.41) is 3.66. The summed E-state index contributed by atoms with van der Waals surface area (Å²) in [6, 6.07) is 6.78. The third-order valence-electron chi connectivity index (χ3n) is 4.77. The summed E-state index contributed by atoms with van der Waals surface area (Å²) in [5.74, 6) is 2.97. The molecule has 4 unspecified atom stereocenters. The van der Waals surface area contributed by atoms with E-state index in [-0.39, 0.29) is 0 Å². The van der Waals surface area contributed by atoms with Gasteiger partial charge in [0.2, 0.25) is 0 Å². The average Bonchev–Trinajstić information content (AvgIpc) is 2.99. The maximum Gasteiger partial charge on any atom is 0.0541 e. The fraction of sp³-hybridized carbons (Fsp3) is 0.667. The first-order valence-corrected chi connectivity index (χ1v) is 6.96. The van der Waals surface area contributed by atoms with Crippen molar-refractivity contribution in [2.75, 3.05) is 0 Å². The van der Waals surface area contributed by atoms with Crippen LogP contribution in [-0.4, -0.2) is 11.0 Å². The van der Waals surface area contributed by atoms with E-state index in [1.165, 1.54) is 25.7 Å². The highest BCUT2D eigenvalue weighted by atomic mass is 14.9. The molecule has 0 spiro atoms. The molecule has 1 heterocycles. The molecule has 92 valence electrons. The lowest BCUT2D eigenvalue weighted by molar-refractivity contribution is 0.259. The molecule has 2 bridgehead atoms. The fourth-order valence-corrected chi connectivity index (χ4v) is 3.83. The zero-order valence-corrected chi connectivity index (χ0v) is 10.6. The van der Waals surface area contributed by atoms with Crippen LogP contribution in [0.4, 0.5) is 0 Å². The second-order valence-corrected chi connectivity index (χ2v) is 5.83. The van der Waals surface area contributed by atoms with Crippen LogP contribution in [0.2, 0.25) is 0 Å². The highest BCUT2D eigenvalue weighted by Gasteiger charge is 2.41. The zero-order chi connectivity index (χ0) is 11.7.